The number of nitrogens with one attached hydrogen (secondary N) is 1. The molecule has 0 saturated heterocycles. The largest absolute Gasteiger partial charge is 0.328 e. The lowest BCUT2D eigenvalue weighted by molar-refractivity contribution is 0.252. The van der Waals surface area contributed by atoms with Crippen molar-refractivity contribution in [1.29, 1.82) is 0 Å². The Kier molecular flexibility index (Phi) is 3.55. The summed E-state index contributed by atoms with van der Waals surface area (Å²) in [6.07, 6.45) is 9.55. The van der Waals surface area contributed by atoms with Crippen molar-refractivity contribution in [1.82, 2.24) is 5.32 Å². The molecule has 3 N–H and O–H groups in total. The Morgan fingerprint density at radius 2 is 1.86 bits per heavy atom. The zero-order chi connectivity index (χ0) is 14.3. The molecular formula is C19H28N2. The van der Waals surface area contributed by atoms with Gasteiger partial charge in [0.1, 0.15) is 0 Å². The Hall–Kier alpha value is -0.860. The highest BCUT2D eigenvalue weighted by Gasteiger charge is 2.43. The van der Waals surface area contributed by atoms with Gasteiger partial charge in [0.25, 0.3) is 0 Å². The fourth-order valence-corrected chi connectivity index (χ4v) is 4.47. The molecule has 0 aromatic heterocycles. The van der Waals surface area contributed by atoms with Gasteiger partial charge in [-0.15, -0.1) is 0 Å². The van der Waals surface area contributed by atoms with Gasteiger partial charge >= 0.3 is 0 Å². The van der Waals surface area contributed by atoms with E-state index >= 15 is 0 Å². The number of aryl methyl sites for hydroxylation is 1. The van der Waals surface area contributed by atoms with Crippen LogP contribution in [0.25, 0.3) is 0 Å². The first-order valence-corrected chi connectivity index (χ1v) is 8.86. The minimum absolute atomic E-state index is 0.0386. The third kappa shape index (κ3) is 2.64. The van der Waals surface area contributed by atoms with E-state index in [1.807, 2.05) is 0 Å². The number of fused-ring (bicyclic) bond motifs is 1. The molecule has 2 saturated carbocycles. The average molecular weight is 284 g/mol. The Morgan fingerprint density at radius 1 is 1.14 bits per heavy atom. The average Bonchev–Trinajstić information content (AvgIpc) is 3.41. The summed E-state index contributed by atoms with van der Waals surface area (Å²) in [7, 11) is 0. The second-order valence-corrected chi connectivity index (χ2v) is 7.52. The lowest BCUT2D eigenvalue weighted by Gasteiger charge is -2.40. The summed E-state index contributed by atoms with van der Waals surface area (Å²) in [4.78, 5) is 0. The maximum atomic E-state index is 6.26. The molecule has 2 heteroatoms. The van der Waals surface area contributed by atoms with Crippen molar-refractivity contribution in [2.45, 2.75) is 50.5 Å². The number of hydrogen-bond donors (Lipinski definition) is 2. The lowest BCUT2D eigenvalue weighted by Crippen LogP contribution is -2.52. The molecule has 2 nitrogen and oxygen atoms in total. The van der Waals surface area contributed by atoms with Crippen LogP contribution in [0.2, 0.25) is 0 Å². The molecule has 0 spiro atoms. The Labute approximate surface area is 128 Å². The van der Waals surface area contributed by atoms with E-state index in [2.05, 4.69) is 29.6 Å². The highest BCUT2D eigenvalue weighted by Crippen LogP contribution is 2.49. The monoisotopic (exact) mass is 284 g/mol. The van der Waals surface area contributed by atoms with Crippen molar-refractivity contribution in [3.8, 4) is 0 Å². The lowest BCUT2D eigenvalue weighted by atomic mass is 9.76. The summed E-state index contributed by atoms with van der Waals surface area (Å²) in [6, 6.07) is 8.94. The van der Waals surface area contributed by atoms with E-state index < -0.39 is 0 Å². The van der Waals surface area contributed by atoms with E-state index in [0.29, 0.717) is 0 Å². The molecule has 3 aliphatic rings. The number of benzene rings is 1. The van der Waals surface area contributed by atoms with Gasteiger partial charge in [0.2, 0.25) is 0 Å². The molecule has 3 aliphatic carbocycles. The second kappa shape index (κ2) is 5.40. The SMILES string of the molecule is NCC1(NCC(C2CC2)C2CC2)CCCc2ccccc21. The Morgan fingerprint density at radius 3 is 2.52 bits per heavy atom. The quantitative estimate of drug-likeness (QED) is 0.842. The molecule has 0 radical (unpaired) electrons. The van der Waals surface area contributed by atoms with Crippen LogP contribution in [0.5, 0.6) is 0 Å². The first kappa shape index (κ1) is 13.8. The normalized spacial score (nSPS) is 28.7. The van der Waals surface area contributed by atoms with Gasteiger partial charge in [0, 0.05) is 6.54 Å². The number of rotatable bonds is 6. The van der Waals surface area contributed by atoms with Crippen LogP contribution in [-0.4, -0.2) is 13.1 Å². The van der Waals surface area contributed by atoms with Crippen LogP contribution in [-0.2, 0) is 12.0 Å². The third-order valence-corrected chi connectivity index (χ3v) is 6.06. The Bertz CT molecular complexity index is 492. The Balaban J connectivity index is 1.53. The second-order valence-electron chi connectivity index (χ2n) is 7.52. The summed E-state index contributed by atoms with van der Waals surface area (Å²) in [6.45, 7) is 1.91. The summed E-state index contributed by atoms with van der Waals surface area (Å²) in [5, 5.41) is 3.96. The van der Waals surface area contributed by atoms with Gasteiger partial charge < -0.3 is 11.1 Å². The van der Waals surface area contributed by atoms with Gasteiger partial charge in [-0.2, -0.15) is 0 Å². The zero-order valence-electron chi connectivity index (χ0n) is 13.0. The van der Waals surface area contributed by atoms with E-state index in [-0.39, 0.29) is 5.54 Å². The van der Waals surface area contributed by atoms with Gasteiger partial charge in [-0.25, -0.2) is 0 Å². The van der Waals surface area contributed by atoms with Crippen molar-refractivity contribution in [2.24, 2.45) is 23.5 Å². The summed E-state index contributed by atoms with van der Waals surface area (Å²) in [5.41, 5.74) is 9.29. The topological polar surface area (TPSA) is 38.0 Å². The third-order valence-electron chi connectivity index (χ3n) is 6.06. The molecule has 0 amide bonds. The van der Waals surface area contributed by atoms with Crippen molar-refractivity contribution in [2.75, 3.05) is 13.1 Å². The predicted molar refractivity (Wildman–Crippen MR) is 87.1 cm³/mol. The van der Waals surface area contributed by atoms with Crippen LogP contribution in [0.1, 0.15) is 49.7 Å². The van der Waals surface area contributed by atoms with E-state index in [4.69, 9.17) is 5.73 Å². The molecule has 0 aliphatic heterocycles. The van der Waals surface area contributed by atoms with E-state index in [1.165, 1.54) is 62.6 Å². The van der Waals surface area contributed by atoms with Gasteiger partial charge in [-0.05, 0) is 80.4 Å². The molecule has 1 aromatic carbocycles. The highest BCUT2D eigenvalue weighted by molar-refractivity contribution is 5.36. The summed E-state index contributed by atoms with van der Waals surface area (Å²) >= 11 is 0. The fraction of sp³-hybridized carbons (Fsp3) is 0.684. The molecule has 0 heterocycles. The smallest absolute Gasteiger partial charge is 0.0561 e. The van der Waals surface area contributed by atoms with Crippen LogP contribution in [0.3, 0.4) is 0 Å². The van der Waals surface area contributed by atoms with Crippen molar-refractivity contribution >= 4 is 0 Å². The molecule has 1 atom stereocenters. The van der Waals surface area contributed by atoms with Crippen molar-refractivity contribution in [3.05, 3.63) is 35.4 Å². The molecule has 1 unspecified atom stereocenters. The minimum atomic E-state index is 0.0386. The van der Waals surface area contributed by atoms with Crippen LogP contribution in [0, 0.1) is 17.8 Å². The predicted octanol–water partition coefficient (Wildman–Crippen LogP) is 3.20. The fourth-order valence-electron chi connectivity index (χ4n) is 4.47. The van der Waals surface area contributed by atoms with E-state index in [1.54, 1.807) is 0 Å². The highest BCUT2D eigenvalue weighted by atomic mass is 15.0. The maximum Gasteiger partial charge on any atom is 0.0561 e. The van der Waals surface area contributed by atoms with E-state index in [0.717, 1.165) is 24.3 Å². The van der Waals surface area contributed by atoms with Crippen LogP contribution in [0.15, 0.2) is 24.3 Å². The minimum Gasteiger partial charge on any atom is -0.328 e. The zero-order valence-corrected chi connectivity index (χ0v) is 13.0. The number of nitrogens with two attached hydrogens (primary N) is 1. The number of hydrogen-bond acceptors (Lipinski definition) is 2. The maximum absolute atomic E-state index is 6.26. The van der Waals surface area contributed by atoms with Gasteiger partial charge in [-0.3, -0.25) is 0 Å². The molecule has 21 heavy (non-hydrogen) atoms. The first-order valence-electron chi connectivity index (χ1n) is 8.86. The summed E-state index contributed by atoms with van der Waals surface area (Å²) in [5.74, 6) is 2.94. The van der Waals surface area contributed by atoms with Crippen LogP contribution < -0.4 is 11.1 Å². The van der Waals surface area contributed by atoms with Gasteiger partial charge in [0.05, 0.1) is 5.54 Å². The van der Waals surface area contributed by atoms with Crippen LogP contribution in [0.4, 0.5) is 0 Å². The van der Waals surface area contributed by atoms with Gasteiger partial charge in [-0.1, -0.05) is 24.3 Å². The molecule has 0 bridgehead atoms. The van der Waals surface area contributed by atoms with Crippen LogP contribution >= 0.6 is 0 Å². The van der Waals surface area contributed by atoms with Crippen molar-refractivity contribution in [3.63, 3.8) is 0 Å². The first-order chi connectivity index (χ1) is 10.3. The molecule has 1 aromatic rings. The standard InChI is InChI=1S/C19H28N2/c20-13-19(11-3-5-16-4-1-2-6-18(16)19)21-12-17(14-7-8-14)15-9-10-15/h1-2,4,6,14-15,17,21H,3,5,7-13,20H2. The molecule has 2 fully saturated rings. The van der Waals surface area contributed by atoms with E-state index in [9.17, 15) is 0 Å². The van der Waals surface area contributed by atoms with Gasteiger partial charge in [0.15, 0.2) is 0 Å². The molecular weight excluding hydrogens is 256 g/mol. The molecule has 114 valence electrons. The summed E-state index contributed by atoms with van der Waals surface area (Å²) < 4.78 is 0. The van der Waals surface area contributed by atoms with Crippen molar-refractivity contribution < 1.29 is 0 Å². The molecule has 4 rings (SSSR count).